The summed E-state index contributed by atoms with van der Waals surface area (Å²) < 4.78 is 17.2. The first-order valence-electron chi connectivity index (χ1n) is 10.5. The molecule has 0 aromatic heterocycles. The van der Waals surface area contributed by atoms with Crippen molar-refractivity contribution in [3.05, 3.63) is 80.9 Å². The lowest BCUT2D eigenvalue weighted by atomic mass is 9.83. The van der Waals surface area contributed by atoms with Gasteiger partial charge in [-0.05, 0) is 62.2 Å². The summed E-state index contributed by atoms with van der Waals surface area (Å²) in [6, 6.07) is 14.4. The maximum Gasteiger partial charge on any atom is 0.338 e. The number of aryl methyl sites for hydroxylation is 1. The monoisotopic (exact) mass is 525 g/mol. The average Bonchev–Trinajstić information content (AvgIpc) is 2.79. The third kappa shape index (κ3) is 5.58. The number of carbonyl (C=O) groups is 2. The Morgan fingerprint density at radius 1 is 1.24 bits per heavy atom. The molecule has 3 rings (SSSR count). The van der Waals surface area contributed by atoms with Crippen molar-refractivity contribution in [1.82, 2.24) is 0 Å². The van der Waals surface area contributed by atoms with Gasteiger partial charge in [0.2, 0.25) is 5.88 Å². The first kappa shape index (κ1) is 24.9. The van der Waals surface area contributed by atoms with Crippen LogP contribution >= 0.6 is 15.9 Å². The summed E-state index contributed by atoms with van der Waals surface area (Å²) in [7, 11) is 0. The van der Waals surface area contributed by atoms with Gasteiger partial charge in [-0.15, -0.1) is 0 Å². The van der Waals surface area contributed by atoms with Gasteiger partial charge >= 0.3 is 5.97 Å². The van der Waals surface area contributed by atoms with Crippen molar-refractivity contribution in [2.75, 3.05) is 18.5 Å². The molecule has 2 aromatic carbocycles. The summed E-state index contributed by atoms with van der Waals surface area (Å²) in [6.45, 7) is 5.11. The van der Waals surface area contributed by atoms with Crippen LogP contribution in [0.2, 0.25) is 0 Å². The number of nitrogens with zero attached hydrogens (tertiary/aromatic N) is 1. The molecule has 0 fully saturated rings. The van der Waals surface area contributed by atoms with E-state index < -0.39 is 11.9 Å². The van der Waals surface area contributed by atoms with Gasteiger partial charge in [0.15, 0.2) is 6.61 Å². The number of esters is 1. The van der Waals surface area contributed by atoms with Crippen LogP contribution in [0, 0.1) is 18.3 Å². The largest absolute Gasteiger partial charge is 0.484 e. The van der Waals surface area contributed by atoms with Gasteiger partial charge in [0.25, 0.3) is 5.91 Å². The van der Waals surface area contributed by atoms with Crippen LogP contribution in [0.4, 0.5) is 5.69 Å². The lowest BCUT2D eigenvalue weighted by Crippen LogP contribution is -2.25. The van der Waals surface area contributed by atoms with Crippen molar-refractivity contribution in [3.8, 4) is 11.8 Å². The number of hydrogen-bond donors (Lipinski definition) is 2. The van der Waals surface area contributed by atoms with Crippen LogP contribution in [-0.4, -0.2) is 25.1 Å². The number of benzene rings is 2. The van der Waals surface area contributed by atoms with E-state index in [0.717, 1.165) is 10.0 Å². The van der Waals surface area contributed by atoms with Crippen LogP contribution in [0.5, 0.6) is 5.75 Å². The molecule has 1 heterocycles. The zero-order valence-corrected chi connectivity index (χ0v) is 20.6. The number of carbonyl (C=O) groups excluding carboxylic acids is 2. The van der Waals surface area contributed by atoms with Gasteiger partial charge in [-0.3, -0.25) is 4.79 Å². The van der Waals surface area contributed by atoms with Crippen molar-refractivity contribution in [2.45, 2.75) is 26.7 Å². The molecule has 0 spiro atoms. The Kier molecular flexibility index (Phi) is 7.97. The molecule has 0 bridgehead atoms. The molecule has 0 radical (unpaired) electrons. The van der Waals surface area contributed by atoms with Gasteiger partial charge in [0, 0.05) is 10.2 Å². The summed E-state index contributed by atoms with van der Waals surface area (Å²) in [5, 5.41) is 12.5. The molecule has 1 atom stereocenters. The molecule has 1 aliphatic rings. The number of rotatable bonds is 7. The molecule has 34 heavy (non-hydrogen) atoms. The van der Waals surface area contributed by atoms with Gasteiger partial charge in [-0.25, -0.2) is 4.79 Å². The number of amides is 1. The molecule has 1 amide bonds. The predicted octanol–water partition coefficient (Wildman–Crippen LogP) is 4.42. The molecule has 1 unspecified atom stereocenters. The molecule has 2 aromatic rings. The third-order valence-electron chi connectivity index (χ3n) is 5.12. The van der Waals surface area contributed by atoms with E-state index in [1.807, 2.05) is 25.1 Å². The molecular formula is C25H24BrN3O5. The Morgan fingerprint density at radius 2 is 2.00 bits per heavy atom. The highest BCUT2D eigenvalue weighted by Gasteiger charge is 2.36. The zero-order chi connectivity index (χ0) is 24.8. The zero-order valence-electron chi connectivity index (χ0n) is 19.0. The van der Waals surface area contributed by atoms with E-state index in [1.54, 1.807) is 44.2 Å². The number of anilines is 1. The quantitative estimate of drug-likeness (QED) is 0.512. The molecule has 8 nitrogen and oxygen atoms in total. The number of nitriles is 1. The predicted molar refractivity (Wildman–Crippen MR) is 129 cm³/mol. The second-order valence-electron chi connectivity index (χ2n) is 7.48. The van der Waals surface area contributed by atoms with Gasteiger partial charge in [0.05, 0.1) is 18.1 Å². The number of nitrogens with two attached hydrogens (primary N) is 1. The Labute approximate surface area is 206 Å². The van der Waals surface area contributed by atoms with E-state index in [2.05, 4.69) is 21.2 Å². The summed E-state index contributed by atoms with van der Waals surface area (Å²) in [4.78, 5) is 25.1. The Bertz CT molecular complexity index is 1230. The number of allylic oxidation sites excluding steroid dienone is 2. The normalized spacial score (nSPS) is 15.3. The fourth-order valence-electron chi connectivity index (χ4n) is 3.57. The van der Waals surface area contributed by atoms with Crippen molar-refractivity contribution in [1.29, 1.82) is 5.26 Å². The Balaban J connectivity index is 1.82. The number of halogens is 1. The average molecular weight is 526 g/mol. The van der Waals surface area contributed by atoms with Crippen LogP contribution in [0.15, 0.2) is 69.7 Å². The van der Waals surface area contributed by atoms with Crippen LogP contribution in [0.3, 0.4) is 0 Å². The molecular weight excluding hydrogens is 502 g/mol. The first-order chi connectivity index (χ1) is 16.2. The van der Waals surface area contributed by atoms with Gasteiger partial charge in [-0.1, -0.05) is 28.1 Å². The fraction of sp³-hybridized carbons (Fsp3) is 0.240. The van der Waals surface area contributed by atoms with Crippen molar-refractivity contribution in [3.63, 3.8) is 0 Å². The van der Waals surface area contributed by atoms with E-state index in [0.29, 0.717) is 17.0 Å². The Morgan fingerprint density at radius 3 is 2.68 bits per heavy atom. The number of nitrogens with one attached hydrogen (secondary N) is 1. The molecule has 176 valence electrons. The van der Waals surface area contributed by atoms with E-state index in [9.17, 15) is 14.9 Å². The number of ether oxygens (including phenoxy) is 3. The summed E-state index contributed by atoms with van der Waals surface area (Å²) in [5.74, 6) is -1.14. The van der Waals surface area contributed by atoms with Gasteiger partial charge < -0.3 is 25.3 Å². The molecule has 1 aliphatic heterocycles. The third-order valence-corrected chi connectivity index (χ3v) is 5.62. The van der Waals surface area contributed by atoms with Crippen molar-refractivity contribution < 1.29 is 23.8 Å². The van der Waals surface area contributed by atoms with E-state index in [4.69, 9.17) is 19.9 Å². The first-order valence-corrected chi connectivity index (χ1v) is 11.3. The molecule has 9 heteroatoms. The van der Waals surface area contributed by atoms with Crippen molar-refractivity contribution in [2.24, 2.45) is 5.73 Å². The van der Waals surface area contributed by atoms with Gasteiger partial charge in [0.1, 0.15) is 23.2 Å². The number of hydrogen-bond acceptors (Lipinski definition) is 7. The summed E-state index contributed by atoms with van der Waals surface area (Å²) >= 11 is 3.39. The van der Waals surface area contributed by atoms with E-state index in [-0.39, 0.29) is 41.9 Å². The van der Waals surface area contributed by atoms with E-state index in [1.165, 1.54) is 0 Å². The minimum absolute atomic E-state index is 0.0754. The standard InChI is InChI=1S/C25H24BrN3O5/c1-4-32-25(31)22-15(3)34-24(28)19(12-27)23(22)16-6-5-7-18(11-16)33-13-21(30)29-20-9-8-17(26)10-14(20)2/h5-11,23H,4,13,28H2,1-3H3,(H,29,30). The summed E-state index contributed by atoms with van der Waals surface area (Å²) in [5.41, 5.74) is 8.39. The molecule has 0 saturated carbocycles. The molecule has 0 aliphatic carbocycles. The Hall–Kier alpha value is -3.77. The molecule has 0 saturated heterocycles. The highest BCUT2D eigenvalue weighted by atomic mass is 79.9. The van der Waals surface area contributed by atoms with Crippen LogP contribution in [-0.2, 0) is 19.1 Å². The summed E-state index contributed by atoms with van der Waals surface area (Å²) in [6.07, 6.45) is 0. The second kappa shape index (κ2) is 10.9. The smallest absolute Gasteiger partial charge is 0.338 e. The van der Waals surface area contributed by atoms with Gasteiger partial charge in [-0.2, -0.15) is 5.26 Å². The SMILES string of the molecule is CCOC(=O)C1=C(C)OC(N)=C(C#N)C1c1cccc(OCC(=O)Nc2ccc(Br)cc2C)c1. The second-order valence-corrected chi connectivity index (χ2v) is 8.40. The minimum Gasteiger partial charge on any atom is -0.484 e. The van der Waals surface area contributed by atoms with Crippen LogP contribution in [0.25, 0.3) is 0 Å². The minimum atomic E-state index is -0.791. The fourth-order valence-corrected chi connectivity index (χ4v) is 4.05. The topological polar surface area (TPSA) is 124 Å². The highest BCUT2D eigenvalue weighted by molar-refractivity contribution is 9.10. The lowest BCUT2D eigenvalue weighted by Gasteiger charge is -2.27. The van der Waals surface area contributed by atoms with E-state index >= 15 is 0 Å². The maximum absolute atomic E-state index is 12.7. The van der Waals surface area contributed by atoms with Crippen molar-refractivity contribution >= 4 is 33.5 Å². The molecule has 3 N–H and O–H groups in total. The maximum atomic E-state index is 12.7. The van der Waals surface area contributed by atoms with Crippen LogP contribution in [0.1, 0.15) is 30.9 Å². The highest BCUT2D eigenvalue weighted by Crippen LogP contribution is 2.40. The lowest BCUT2D eigenvalue weighted by molar-refractivity contribution is -0.139. The van der Waals surface area contributed by atoms with Crippen LogP contribution < -0.4 is 15.8 Å².